The molecule has 2 aromatic rings. The molecule has 0 aliphatic heterocycles. The van der Waals surface area contributed by atoms with Gasteiger partial charge in [0.25, 0.3) is 5.91 Å². The van der Waals surface area contributed by atoms with E-state index >= 15 is 0 Å². The fourth-order valence-corrected chi connectivity index (χ4v) is 2.17. The van der Waals surface area contributed by atoms with Crippen molar-refractivity contribution in [1.29, 1.82) is 5.26 Å². The van der Waals surface area contributed by atoms with Crippen LogP contribution in [-0.2, 0) is 0 Å². The number of amides is 1. The number of carbonyl (C=O) groups excluding carboxylic acids is 1. The van der Waals surface area contributed by atoms with Crippen molar-refractivity contribution in [2.45, 2.75) is 6.92 Å². The number of hydrogen-bond donors (Lipinski definition) is 2. The molecule has 0 radical (unpaired) electrons. The highest BCUT2D eigenvalue weighted by atomic mass is 79.9. The number of halogens is 1. The van der Waals surface area contributed by atoms with Crippen LogP contribution < -0.4 is 10.6 Å². The van der Waals surface area contributed by atoms with Crippen molar-refractivity contribution in [2.75, 3.05) is 17.2 Å². The number of aromatic nitrogens is 1. The number of pyridine rings is 1. The van der Waals surface area contributed by atoms with Gasteiger partial charge in [-0.2, -0.15) is 5.26 Å². The van der Waals surface area contributed by atoms with Crippen LogP contribution in [0.15, 0.2) is 41.0 Å². The number of benzene rings is 1. The maximum absolute atomic E-state index is 12.4. The smallest absolute Gasteiger partial charge is 0.259 e. The summed E-state index contributed by atoms with van der Waals surface area (Å²) >= 11 is 3.30. The number of rotatable bonds is 4. The molecular weight excluding hydrogens is 332 g/mol. The van der Waals surface area contributed by atoms with Crippen molar-refractivity contribution in [1.82, 2.24) is 4.98 Å². The standard InChI is InChI=1S/C15H13BrN4O/c1-2-18-14-12(4-3-7-19-14)15(21)20-13-6-5-11(16)8-10(13)9-17/h3-8H,2H2,1H3,(H,18,19)(H,20,21). The average molecular weight is 345 g/mol. The third-order valence-electron chi connectivity index (χ3n) is 2.75. The number of anilines is 2. The molecule has 0 bridgehead atoms. The molecule has 0 aliphatic rings. The molecule has 0 atom stereocenters. The van der Waals surface area contributed by atoms with Crippen LogP contribution in [0.25, 0.3) is 0 Å². The van der Waals surface area contributed by atoms with Crippen molar-refractivity contribution < 1.29 is 4.79 Å². The van der Waals surface area contributed by atoms with Crippen LogP contribution in [0.5, 0.6) is 0 Å². The Labute approximate surface area is 131 Å². The number of nitrogens with zero attached hydrogens (tertiary/aromatic N) is 2. The van der Waals surface area contributed by atoms with Crippen LogP contribution in [0, 0.1) is 11.3 Å². The van der Waals surface area contributed by atoms with E-state index in [-0.39, 0.29) is 5.91 Å². The van der Waals surface area contributed by atoms with Gasteiger partial charge in [0.05, 0.1) is 16.8 Å². The highest BCUT2D eigenvalue weighted by Crippen LogP contribution is 2.22. The molecule has 0 spiro atoms. The Morgan fingerprint density at radius 1 is 1.43 bits per heavy atom. The molecule has 21 heavy (non-hydrogen) atoms. The maximum atomic E-state index is 12.4. The first-order chi connectivity index (χ1) is 10.2. The Balaban J connectivity index is 2.29. The first-order valence-electron chi connectivity index (χ1n) is 6.35. The largest absolute Gasteiger partial charge is 0.370 e. The van der Waals surface area contributed by atoms with E-state index < -0.39 is 0 Å². The SMILES string of the molecule is CCNc1ncccc1C(=O)Nc1ccc(Br)cc1C#N. The van der Waals surface area contributed by atoms with E-state index in [1.165, 1.54) is 0 Å². The molecule has 1 heterocycles. The molecule has 1 amide bonds. The minimum absolute atomic E-state index is 0.308. The zero-order valence-corrected chi connectivity index (χ0v) is 12.9. The summed E-state index contributed by atoms with van der Waals surface area (Å²) < 4.78 is 0.784. The van der Waals surface area contributed by atoms with Gasteiger partial charge in [-0.25, -0.2) is 4.98 Å². The van der Waals surface area contributed by atoms with Gasteiger partial charge in [0, 0.05) is 17.2 Å². The minimum Gasteiger partial charge on any atom is -0.370 e. The van der Waals surface area contributed by atoms with Crippen LogP contribution in [-0.4, -0.2) is 17.4 Å². The van der Waals surface area contributed by atoms with Gasteiger partial charge < -0.3 is 10.6 Å². The lowest BCUT2D eigenvalue weighted by Gasteiger charge is -2.11. The van der Waals surface area contributed by atoms with E-state index in [4.69, 9.17) is 5.26 Å². The summed E-state index contributed by atoms with van der Waals surface area (Å²) in [7, 11) is 0. The first kappa shape index (κ1) is 15.0. The average Bonchev–Trinajstić information content (AvgIpc) is 2.49. The summed E-state index contributed by atoms with van der Waals surface area (Å²) in [4.78, 5) is 16.5. The van der Waals surface area contributed by atoms with Gasteiger partial charge in [0.1, 0.15) is 11.9 Å². The monoisotopic (exact) mass is 344 g/mol. The summed E-state index contributed by atoms with van der Waals surface area (Å²) in [6, 6.07) is 10.5. The van der Waals surface area contributed by atoms with Gasteiger partial charge in [-0.3, -0.25) is 4.79 Å². The lowest BCUT2D eigenvalue weighted by atomic mass is 10.1. The fraction of sp³-hybridized carbons (Fsp3) is 0.133. The molecule has 2 N–H and O–H groups in total. The van der Waals surface area contributed by atoms with Crippen molar-refractivity contribution in [2.24, 2.45) is 0 Å². The molecule has 0 saturated heterocycles. The predicted octanol–water partition coefficient (Wildman–Crippen LogP) is 3.40. The molecule has 0 aliphatic carbocycles. The van der Waals surface area contributed by atoms with Gasteiger partial charge in [-0.05, 0) is 37.3 Å². The highest BCUT2D eigenvalue weighted by Gasteiger charge is 2.13. The quantitative estimate of drug-likeness (QED) is 0.890. The molecule has 1 aromatic heterocycles. The van der Waals surface area contributed by atoms with Gasteiger partial charge in [-0.1, -0.05) is 15.9 Å². The molecule has 6 heteroatoms. The van der Waals surface area contributed by atoms with Crippen LogP contribution in [0.4, 0.5) is 11.5 Å². The topological polar surface area (TPSA) is 77.8 Å². The molecular formula is C15H13BrN4O. The molecule has 106 valence electrons. The van der Waals surface area contributed by atoms with Crippen molar-refractivity contribution in [3.63, 3.8) is 0 Å². The lowest BCUT2D eigenvalue weighted by Crippen LogP contribution is -2.16. The van der Waals surface area contributed by atoms with E-state index in [1.807, 2.05) is 6.92 Å². The Morgan fingerprint density at radius 2 is 2.24 bits per heavy atom. The zero-order valence-electron chi connectivity index (χ0n) is 11.4. The normalized spacial score (nSPS) is 9.76. The highest BCUT2D eigenvalue weighted by molar-refractivity contribution is 9.10. The van der Waals surface area contributed by atoms with Gasteiger partial charge >= 0.3 is 0 Å². The summed E-state index contributed by atoms with van der Waals surface area (Å²) in [5.41, 5.74) is 1.30. The molecule has 2 rings (SSSR count). The summed E-state index contributed by atoms with van der Waals surface area (Å²) in [5.74, 6) is 0.214. The molecule has 0 saturated carbocycles. The third-order valence-corrected chi connectivity index (χ3v) is 3.24. The fourth-order valence-electron chi connectivity index (χ4n) is 1.80. The zero-order chi connectivity index (χ0) is 15.2. The Hall–Kier alpha value is -2.39. The second-order valence-electron chi connectivity index (χ2n) is 4.19. The number of hydrogen-bond acceptors (Lipinski definition) is 4. The maximum Gasteiger partial charge on any atom is 0.259 e. The Morgan fingerprint density at radius 3 is 2.95 bits per heavy atom. The van der Waals surface area contributed by atoms with Crippen LogP contribution in [0.3, 0.4) is 0 Å². The summed E-state index contributed by atoms with van der Waals surface area (Å²) in [5, 5.41) is 14.9. The van der Waals surface area contributed by atoms with Gasteiger partial charge in [-0.15, -0.1) is 0 Å². The van der Waals surface area contributed by atoms with Crippen molar-refractivity contribution in [3.8, 4) is 6.07 Å². The predicted molar refractivity (Wildman–Crippen MR) is 85.2 cm³/mol. The number of carbonyl (C=O) groups is 1. The third kappa shape index (κ3) is 3.58. The van der Waals surface area contributed by atoms with Crippen molar-refractivity contribution >= 4 is 33.3 Å². The van der Waals surface area contributed by atoms with Crippen LogP contribution in [0.1, 0.15) is 22.8 Å². The van der Waals surface area contributed by atoms with E-state index in [1.54, 1.807) is 36.5 Å². The van der Waals surface area contributed by atoms with Crippen LogP contribution in [0.2, 0.25) is 0 Å². The van der Waals surface area contributed by atoms with E-state index in [0.29, 0.717) is 29.2 Å². The second kappa shape index (κ2) is 6.86. The van der Waals surface area contributed by atoms with E-state index in [9.17, 15) is 4.79 Å². The number of nitrogens with one attached hydrogen (secondary N) is 2. The second-order valence-corrected chi connectivity index (χ2v) is 5.10. The van der Waals surface area contributed by atoms with Crippen molar-refractivity contribution in [3.05, 3.63) is 52.1 Å². The van der Waals surface area contributed by atoms with E-state index in [2.05, 4.69) is 37.6 Å². The Kier molecular flexibility index (Phi) is 4.90. The first-order valence-corrected chi connectivity index (χ1v) is 7.15. The molecule has 0 unspecified atom stereocenters. The van der Waals surface area contributed by atoms with Gasteiger partial charge in [0.2, 0.25) is 0 Å². The van der Waals surface area contributed by atoms with Crippen LogP contribution >= 0.6 is 15.9 Å². The minimum atomic E-state index is -0.308. The Bertz CT molecular complexity index is 709. The lowest BCUT2D eigenvalue weighted by molar-refractivity contribution is 0.102. The van der Waals surface area contributed by atoms with E-state index in [0.717, 1.165) is 4.47 Å². The molecule has 0 fully saturated rings. The summed E-state index contributed by atoms with van der Waals surface area (Å²) in [6.45, 7) is 2.60. The molecule has 5 nitrogen and oxygen atoms in total. The molecule has 1 aromatic carbocycles. The van der Waals surface area contributed by atoms with Gasteiger partial charge in [0.15, 0.2) is 0 Å². The number of nitriles is 1. The summed E-state index contributed by atoms with van der Waals surface area (Å²) in [6.07, 6.45) is 1.62.